The zero-order valence-electron chi connectivity index (χ0n) is 13.9. The molecule has 0 aromatic heterocycles. The van der Waals surface area contributed by atoms with E-state index in [-0.39, 0.29) is 5.78 Å². The summed E-state index contributed by atoms with van der Waals surface area (Å²) in [6.45, 7) is 12.4. The first-order valence-electron chi connectivity index (χ1n) is 7.48. The predicted molar refractivity (Wildman–Crippen MR) is 89.3 cm³/mol. The van der Waals surface area contributed by atoms with Crippen LogP contribution in [0.4, 0.5) is 0 Å². The molecule has 0 fully saturated rings. The topological polar surface area (TPSA) is 17.1 Å². The quantitative estimate of drug-likeness (QED) is 0.726. The number of hydrogen-bond donors (Lipinski definition) is 0. The maximum Gasteiger partial charge on any atom is 0.167 e. The molecule has 0 heterocycles. The molecular weight excluding hydrogens is 256 g/mol. The van der Waals surface area contributed by atoms with Crippen LogP contribution in [0.3, 0.4) is 0 Å². The fourth-order valence-corrected chi connectivity index (χ4v) is 2.89. The van der Waals surface area contributed by atoms with Gasteiger partial charge in [-0.3, -0.25) is 4.79 Å². The van der Waals surface area contributed by atoms with Crippen molar-refractivity contribution in [1.82, 2.24) is 0 Å². The smallest absolute Gasteiger partial charge is 0.167 e. The van der Waals surface area contributed by atoms with E-state index < -0.39 is 0 Å². The van der Waals surface area contributed by atoms with E-state index in [4.69, 9.17) is 0 Å². The monoisotopic (exact) mass is 280 g/mol. The minimum absolute atomic E-state index is 0.227. The van der Waals surface area contributed by atoms with Crippen LogP contribution in [-0.4, -0.2) is 5.78 Å². The third-order valence-electron chi connectivity index (χ3n) is 4.50. The van der Waals surface area contributed by atoms with Crippen LogP contribution in [0.2, 0.25) is 0 Å². The molecule has 0 N–H and O–H groups in total. The fraction of sp³-hybridized carbons (Fsp3) is 0.350. The minimum Gasteiger partial charge on any atom is -0.294 e. The summed E-state index contributed by atoms with van der Waals surface area (Å²) in [7, 11) is 0. The van der Waals surface area contributed by atoms with Gasteiger partial charge < -0.3 is 0 Å². The second kappa shape index (κ2) is 5.85. The van der Waals surface area contributed by atoms with Crippen LogP contribution in [0.25, 0.3) is 0 Å². The number of Topliss-reactive ketones (excluding diaryl/α,β-unsaturated/α-hetero) is 1. The molecule has 0 aliphatic heterocycles. The Morgan fingerprint density at radius 2 is 1.38 bits per heavy atom. The Kier molecular flexibility index (Phi) is 4.32. The fourth-order valence-electron chi connectivity index (χ4n) is 2.89. The van der Waals surface area contributed by atoms with Gasteiger partial charge in [0.25, 0.3) is 0 Å². The van der Waals surface area contributed by atoms with Crippen LogP contribution < -0.4 is 0 Å². The van der Waals surface area contributed by atoms with Crippen molar-refractivity contribution in [2.24, 2.45) is 0 Å². The average Bonchev–Trinajstić information content (AvgIpc) is 2.41. The zero-order chi connectivity index (χ0) is 15.7. The number of carbonyl (C=O) groups is 1. The average molecular weight is 280 g/mol. The van der Waals surface area contributed by atoms with Crippen molar-refractivity contribution in [2.45, 2.75) is 48.0 Å². The molecule has 0 spiro atoms. The van der Waals surface area contributed by atoms with Crippen LogP contribution in [0, 0.1) is 41.5 Å². The van der Waals surface area contributed by atoms with Crippen LogP contribution in [-0.2, 0) is 6.42 Å². The molecular formula is C20H24O. The molecule has 0 aliphatic rings. The lowest BCUT2D eigenvalue weighted by molar-refractivity contribution is 0.0991. The molecule has 0 radical (unpaired) electrons. The van der Waals surface area contributed by atoms with Crippen molar-refractivity contribution in [3.05, 3.63) is 68.8 Å². The lowest BCUT2D eigenvalue weighted by Gasteiger charge is -2.15. The van der Waals surface area contributed by atoms with E-state index in [1.165, 1.54) is 22.3 Å². The second-order valence-corrected chi connectivity index (χ2v) is 6.17. The van der Waals surface area contributed by atoms with Crippen LogP contribution in [0.15, 0.2) is 24.3 Å². The van der Waals surface area contributed by atoms with Crippen molar-refractivity contribution in [1.29, 1.82) is 0 Å². The van der Waals surface area contributed by atoms with Crippen molar-refractivity contribution in [3.8, 4) is 0 Å². The van der Waals surface area contributed by atoms with Crippen molar-refractivity contribution < 1.29 is 4.79 Å². The van der Waals surface area contributed by atoms with Crippen molar-refractivity contribution >= 4 is 5.78 Å². The SMILES string of the molecule is Cc1ccc(C)c(CC(=O)c2c(C)c(C)cc(C)c2C)c1. The van der Waals surface area contributed by atoms with Gasteiger partial charge in [-0.2, -0.15) is 0 Å². The van der Waals surface area contributed by atoms with Crippen LogP contribution in [0.5, 0.6) is 0 Å². The van der Waals surface area contributed by atoms with E-state index in [1.54, 1.807) is 0 Å². The second-order valence-electron chi connectivity index (χ2n) is 6.17. The van der Waals surface area contributed by atoms with Gasteiger partial charge in [-0.25, -0.2) is 0 Å². The van der Waals surface area contributed by atoms with Crippen LogP contribution >= 0.6 is 0 Å². The highest BCUT2D eigenvalue weighted by molar-refractivity contribution is 6.00. The Balaban J connectivity index is 2.44. The van der Waals surface area contributed by atoms with Gasteiger partial charge in [0.1, 0.15) is 0 Å². The molecule has 0 unspecified atom stereocenters. The van der Waals surface area contributed by atoms with Crippen molar-refractivity contribution in [3.63, 3.8) is 0 Å². The first-order valence-corrected chi connectivity index (χ1v) is 7.48. The van der Waals surface area contributed by atoms with Gasteiger partial charge in [0, 0.05) is 12.0 Å². The summed E-state index contributed by atoms with van der Waals surface area (Å²) in [4.78, 5) is 12.8. The minimum atomic E-state index is 0.227. The Morgan fingerprint density at radius 1 is 0.810 bits per heavy atom. The van der Waals surface area contributed by atoms with E-state index in [0.29, 0.717) is 6.42 Å². The van der Waals surface area contributed by atoms with E-state index in [2.05, 4.69) is 65.8 Å². The molecule has 1 nitrogen and oxygen atoms in total. The van der Waals surface area contributed by atoms with E-state index >= 15 is 0 Å². The lowest BCUT2D eigenvalue weighted by atomic mass is 9.89. The Bertz CT molecular complexity index is 682. The molecule has 110 valence electrons. The summed E-state index contributed by atoms with van der Waals surface area (Å²) in [5, 5.41) is 0. The van der Waals surface area contributed by atoms with Gasteiger partial charge in [0.05, 0.1) is 0 Å². The van der Waals surface area contributed by atoms with Gasteiger partial charge in [-0.05, 0) is 74.9 Å². The highest BCUT2D eigenvalue weighted by Gasteiger charge is 2.16. The number of hydrogen-bond acceptors (Lipinski definition) is 1. The third kappa shape index (κ3) is 3.07. The van der Waals surface area contributed by atoms with Gasteiger partial charge in [0.15, 0.2) is 5.78 Å². The van der Waals surface area contributed by atoms with E-state index in [0.717, 1.165) is 22.3 Å². The summed E-state index contributed by atoms with van der Waals surface area (Å²) >= 11 is 0. The van der Waals surface area contributed by atoms with Crippen LogP contribution in [0.1, 0.15) is 49.3 Å². The Hall–Kier alpha value is -1.89. The van der Waals surface area contributed by atoms with E-state index in [9.17, 15) is 4.79 Å². The summed E-state index contributed by atoms with van der Waals surface area (Å²) in [5.74, 6) is 0.227. The number of rotatable bonds is 3. The summed E-state index contributed by atoms with van der Waals surface area (Å²) < 4.78 is 0. The lowest BCUT2D eigenvalue weighted by Crippen LogP contribution is -2.11. The highest BCUT2D eigenvalue weighted by Crippen LogP contribution is 2.24. The summed E-state index contributed by atoms with van der Waals surface area (Å²) in [6, 6.07) is 8.48. The summed E-state index contributed by atoms with van der Waals surface area (Å²) in [5.41, 5.74) is 9.07. The third-order valence-corrected chi connectivity index (χ3v) is 4.50. The molecule has 2 aromatic carbocycles. The van der Waals surface area contributed by atoms with Gasteiger partial charge >= 0.3 is 0 Å². The number of aryl methyl sites for hydroxylation is 4. The number of ketones is 1. The molecule has 0 aliphatic carbocycles. The molecule has 0 atom stereocenters. The number of carbonyl (C=O) groups excluding carboxylic acids is 1. The maximum atomic E-state index is 12.8. The molecule has 2 rings (SSSR count). The molecule has 0 saturated heterocycles. The number of benzene rings is 2. The van der Waals surface area contributed by atoms with Crippen molar-refractivity contribution in [2.75, 3.05) is 0 Å². The van der Waals surface area contributed by atoms with Gasteiger partial charge in [0.2, 0.25) is 0 Å². The molecule has 0 amide bonds. The molecule has 2 aromatic rings. The highest BCUT2D eigenvalue weighted by atomic mass is 16.1. The summed E-state index contributed by atoms with van der Waals surface area (Å²) in [6.07, 6.45) is 0.484. The first-order chi connectivity index (χ1) is 9.81. The van der Waals surface area contributed by atoms with Gasteiger partial charge in [-0.15, -0.1) is 0 Å². The molecule has 0 bridgehead atoms. The predicted octanol–water partition coefficient (Wildman–Crippen LogP) is 4.96. The maximum absolute atomic E-state index is 12.8. The molecule has 0 saturated carbocycles. The first kappa shape index (κ1) is 15.5. The standard InChI is InChI=1S/C20H24O/c1-12-7-8-13(2)18(9-12)11-19(21)20-16(5)14(3)10-15(4)17(20)6/h7-10H,11H2,1-6H3. The Morgan fingerprint density at radius 3 is 1.95 bits per heavy atom. The molecule has 21 heavy (non-hydrogen) atoms. The normalized spacial score (nSPS) is 10.8. The molecule has 1 heteroatoms. The zero-order valence-corrected chi connectivity index (χ0v) is 13.9. The van der Waals surface area contributed by atoms with E-state index in [1.807, 2.05) is 0 Å². The Labute approximate surface area is 128 Å². The largest absolute Gasteiger partial charge is 0.294 e. The van der Waals surface area contributed by atoms with Gasteiger partial charge in [-0.1, -0.05) is 29.8 Å².